The highest BCUT2D eigenvalue weighted by atomic mass is 35.5. The van der Waals surface area contributed by atoms with Gasteiger partial charge in [-0.25, -0.2) is 0 Å². The highest BCUT2D eigenvalue weighted by Gasteiger charge is 2.34. The van der Waals surface area contributed by atoms with E-state index in [1.54, 1.807) is 18.2 Å². The smallest absolute Gasteiger partial charge is 0.285 e. The number of carbonyl (C=O) groups is 2. The van der Waals surface area contributed by atoms with Crippen molar-refractivity contribution in [2.45, 2.75) is 20.8 Å². The van der Waals surface area contributed by atoms with Gasteiger partial charge in [-0.3, -0.25) is 15.0 Å². The molecule has 0 saturated carbocycles. The van der Waals surface area contributed by atoms with Crippen LogP contribution in [0.2, 0.25) is 5.02 Å². The number of hydrogen-bond donors (Lipinski definition) is 1. The van der Waals surface area contributed by atoms with Gasteiger partial charge < -0.3 is 4.57 Å². The van der Waals surface area contributed by atoms with Crippen molar-refractivity contribution in [1.29, 1.82) is 0 Å². The molecule has 0 unspecified atom stereocenters. The van der Waals surface area contributed by atoms with Crippen molar-refractivity contribution in [2.75, 3.05) is 0 Å². The Morgan fingerprint density at radius 1 is 1.09 bits per heavy atom. The van der Waals surface area contributed by atoms with Gasteiger partial charge >= 0.3 is 0 Å². The van der Waals surface area contributed by atoms with Gasteiger partial charge in [0.2, 0.25) is 0 Å². The predicted octanol–water partition coefficient (Wildman–Crippen LogP) is 5.60. The van der Waals surface area contributed by atoms with Crippen LogP contribution in [0.25, 0.3) is 11.8 Å². The summed E-state index contributed by atoms with van der Waals surface area (Å²) in [6.45, 7) is 5.91. The van der Waals surface area contributed by atoms with Crippen LogP contribution in [0.15, 0.2) is 59.5 Å². The van der Waals surface area contributed by atoms with E-state index in [1.165, 1.54) is 0 Å². The van der Waals surface area contributed by atoms with Crippen LogP contribution in [0.4, 0.5) is 0 Å². The standard InChI is InChI=1S/C24H20ClN3O2S2/c1-14-9-10-19(20(25)11-14)22(29)26-28-23(30)21(32-24(28)31)13-17-12-15(2)27(16(17)3)18-7-5-4-6-8-18/h4-13H,1-3H3,(H,26,29)/b21-13+. The van der Waals surface area contributed by atoms with Gasteiger partial charge in [0.1, 0.15) is 0 Å². The Labute approximate surface area is 201 Å². The molecule has 0 radical (unpaired) electrons. The second-order valence-electron chi connectivity index (χ2n) is 7.44. The Balaban J connectivity index is 1.59. The normalized spacial score (nSPS) is 15.0. The summed E-state index contributed by atoms with van der Waals surface area (Å²) in [4.78, 5) is 26.1. The minimum absolute atomic E-state index is 0.259. The number of hydrogen-bond acceptors (Lipinski definition) is 4. The maximum absolute atomic E-state index is 13.0. The molecule has 1 aliphatic heterocycles. The number of amides is 2. The number of hydrazine groups is 1. The molecular formula is C24H20ClN3O2S2. The molecule has 32 heavy (non-hydrogen) atoms. The third-order valence-corrected chi connectivity index (χ3v) is 6.76. The number of nitrogens with zero attached hydrogens (tertiary/aromatic N) is 2. The number of rotatable bonds is 4. The Hall–Kier alpha value is -2.87. The minimum Gasteiger partial charge on any atom is -0.318 e. The zero-order valence-electron chi connectivity index (χ0n) is 17.7. The van der Waals surface area contributed by atoms with Crippen LogP contribution in [-0.2, 0) is 4.79 Å². The van der Waals surface area contributed by atoms with Crippen LogP contribution < -0.4 is 5.43 Å². The lowest BCUT2D eigenvalue weighted by Gasteiger charge is -2.16. The third kappa shape index (κ3) is 4.24. The van der Waals surface area contributed by atoms with Crippen LogP contribution in [0, 0.1) is 20.8 Å². The first-order chi connectivity index (χ1) is 15.3. The van der Waals surface area contributed by atoms with Crippen molar-refractivity contribution >= 4 is 57.8 Å². The van der Waals surface area contributed by atoms with Crippen LogP contribution in [0.1, 0.15) is 32.9 Å². The van der Waals surface area contributed by atoms with Gasteiger partial charge in [0, 0.05) is 17.1 Å². The van der Waals surface area contributed by atoms with E-state index in [-0.39, 0.29) is 15.8 Å². The maximum atomic E-state index is 13.0. The molecule has 1 aromatic heterocycles. The van der Waals surface area contributed by atoms with Gasteiger partial charge in [-0.1, -0.05) is 47.6 Å². The van der Waals surface area contributed by atoms with E-state index in [0.717, 1.165) is 45.0 Å². The molecule has 2 aromatic carbocycles. The molecule has 1 fully saturated rings. The van der Waals surface area contributed by atoms with E-state index in [9.17, 15) is 9.59 Å². The molecule has 2 amide bonds. The quantitative estimate of drug-likeness (QED) is 0.389. The molecule has 0 aliphatic carbocycles. The van der Waals surface area contributed by atoms with E-state index in [4.69, 9.17) is 23.8 Å². The molecule has 0 spiro atoms. The number of nitrogens with one attached hydrogen (secondary N) is 1. The van der Waals surface area contributed by atoms with Gasteiger partial charge in [-0.05, 0) is 80.5 Å². The first-order valence-corrected chi connectivity index (χ1v) is 11.5. The molecule has 0 bridgehead atoms. The number of benzene rings is 2. The molecule has 4 rings (SSSR count). The van der Waals surface area contributed by atoms with Crippen molar-refractivity contribution < 1.29 is 9.59 Å². The monoisotopic (exact) mass is 481 g/mol. The van der Waals surface area contributed by atoms with Gasteiger partial charge in [0.15, 0.2) is 4.32 Å². The first-order valence-electron chi connectivity index (χ1n) is 9.85. The molecule has 5 nitrogen and oxygen atoms in total. The van der Waals surface area contributed by atoms with Gasteiger partial charge in [0.05, 0.1) is 15.5 Å². The molecule has 1 saturated heterocycles. The molecule has 8 heteroatoms. The summed E-state index contributed by atoms with van der Waals surface area (Å²) in [7, 11) is 0. The van der Waals surface area contributed by atoms with Gasteiger partial charge in [-0.15, -0.1) is 0 Å². The van der Waals surface area contributed by atoms with E-state index >= 15 is 0 Å². The fourth-order valence-electron chi connectivity index (χ4n) is 3.58. The third-order valence-electron chi connectivity index (χ3n) is 5.15. The lowest BCUT2D eigenvalue weighted by Crippen LogP contribution is -2.44. The second-order valence-corrected chi connectivity index (χ2v) is 9.52. The number of para-hydroxylation sites is 1. The lowest BCUT2D eigenvalue weighted by atomic mass is 10.1. The number of aryl methyl sites for hydroxylation is 2. The molecule has 2 heterocycles. The van der Waals surface area contributed by atoms with Crippen LogP contribution in [0.3, 0.4) is 0 Å². The SMILES string of the molecule is Cc1ccc(C(=O)NN2C(=O)/C(=C\c3cc(C)n(-c4ccccc4)c3C)SC2=S)c(Cl)c1. The first kappa shape index (κ1) is 22.3. The summed E-state index contributed by atoms with van der Waals surface area (Å²) in [5.41, 5.74) is 7.83. The topological polar surface area (TPSA) is 54.3 Å². The van der Waals surface area contributed by atoms with E-state index in [0.29, 0.717) is 9.93 Å². The average molecular weight is 482 g/mol. The molecule has 0 atom stereocenters. The zero-order chi connectivity index (χ0) is 23.0. The van der Waals surface area contributed by atoms with Crippen molar-refractivity contribution in [1.82, 2.24) is 15.0 Å². The molecule has 3 aromatic rings. The minimum atomic E-state index is -0.491. The fourth-order valence-corrected chi connectivity index (χ4v) is 5.07. The molecular weight excluding hydrogens is 462 g/mol. The molecule has 1 N–H and O–H groups in total. The Kier molecular flexibility index (Phi) is 6.24. The summed E-state index contributed by atoms with van der Waals surface area (Å²) >= 11 is 12.7. The fraction of sp³-hybridized carbons (Fsp3) is 0.125. The summed E-state index contributed by atoms with van der Waals surface area (Å²) in [6, 6.07) is 17.2. The van der Waals surface area contributed by atoms with E-state index < -0.39 is 5.91 Å². The number of aromatic nitrogens is 1. The predicted molar refractivity (Wildman–Crippen MR) is 134 cm³/mol. The summed E-state index contributed by atoms with van der Waals surface area (Å²) in [5, 5.41) is 1.41. The van der Waals surface area contributed by atoms with Gasteiger partial charge in [0.25, 0.3) is 11.8 Å². The maximum Gasteiger partial charge on any atom is 0.285 e. The summed E-state index contributed by atoms with van der Waals surface area (Å²) in [5.74, 6) is -0.865. The van der Waals surface area contributed by atoms with Crippen LogP contribution in [0.5, 0.6) is 0 Å². The molecule has 1 aliphatic rings. The summed E-state index contributed by atoms with van der Waals surface area (Å²) in [6.07, 6.45) is 1.81. The zero-order valence-corrected chi connectivity index (χ0v) is 20.1. The van der Waals surface area contributed by atoms with Gasteiger partial charge in [-0.2, -0.15) is 5.01 Å². The summed E-state index contributed by atoms with van der Waals surface area (Å²) < 4.78 is 2.39. The van der Waals surface area contributed by atoms with Crippen molar-refractivity contribution in [2.24, 2.45) is 0 Å². The van der Waals surface area contributed by atoms with Crippen molar-refractivity contribution in [3.05, 3.63) is 92.6 Å². The highest BCUT2D eigenvalue weighted by Crippen LogP contribution is 2.33. The molecule has 162 valence electrons. The number of thioether (sulfide) groups is 1. The number of thiocarbonyl (C=S) groups is 1. The Bertz CT molecular complexity index is 1280. The largest absolute Gasteiger partial charge is 0.318 e. The van der Waals surface area contributed by atoms with Crippen molar-refractivity contribution in [3.8, 4) is 5.69 Å². The lowest BCUT2D eigenvalue weighted by molar-refractivity contribution is -0.123. The van der Waals surface area contributed by atoms with Crippen LogP contribution >= 0.6 is 35.6 Å². The Morgan fingerprint density at radius 2 is 1.81 bits per heavy atom. The average Bonchev–Trinajstić information content (AvgIpc) is 3.18. The second kappa shape index (κ2) is 8.94. The van der Waals surface area contributed by atoms with E-state index in [2.05, 4.69) is 9.99 Å². The highest BCUT2D eigenvalue weighted by molar-refractivity contribution is 8.26. The number of halogens is 1. The Morgan fingerprint density at radius 3 is 2.50 bits per heavy atom. The van der Waals surface area contributed by atoms with Crippen molar-refractivity contribution in [3.63, 3.8) is 0 Å². The van der Waals surface area contributed by atoms with Crippen LogP contribution in [-0.4, -0.2) is 25.7 Å². The van der Waals surface area contributed by atoms with E-state index in [1.807, 2.05) is 63.2 Å². The number of carbonyl (C=O) groups excluding carboxylic acids is 2.